The Labute approximate surface area is 249 Å². The number of amides is 1. The zero-order chi connectivity index (χ0) is 27.9. The molecule has 39 heavy (non-hydrogen) atoms. The third-order valence-corrected chi connectivity index (χ3v) is 7.54. The van der Waals surface area contributed by atoms with Crippen LogP contribution in [0.5, 0.6) is 5.75 Å². The largest absolute Gasteiger partial charge is 0.502 e. The number of nitro groups is 1. The first kappa shape index (κ1) is 28.5. The zero-order valence-corrected chi connectivity index (χ0v) is 24.8. The molecule has 14 heteroatoms. The molecule has 1 atom stereocenters. The predicted molar refractivity (Wildman–Crippen MR) is 161 cm³/mol. The lowest BCUT2D eigenvalue weighted by molar-refractivity contribution is -0.385. The van der Waals surface area contributed by atoms with Crippen molar-refractivity contribution in [1.82, 2.24) is 20.2 Å². The summed E-state index contributed by atoms with van der Waals surface area (Å²) in [5.74, 6) is -0.313. The van der Waals surface area contributed by atoms with Gasteiger partial charge < -0.3 is 10.4 Å². The van der Waals surface area contributed by atoms with Crippen molar-refractivity contribution in [3.63, 3.8) is 0 Å². The van der Waals surface area contributed by atoms with Crippen molar-refractivity contribution in [1.29, 1.82) is 0 Å². The molecule has 0 aliphatic rings. The second-order valence-electron chi connectivity index (χ2n) is 8.04. The first-order chi connectivity index (χ1) is 18.7. The molecular formula is C25H21BrIN7O4S. The lowest BCUT2D eigenvalue weighted by atomic mass is 10.2. The average Bonchev–Trinajstić information content (AvgIpc) is 3.32. The van der Waals surface area contributed by atoms with Crippen molar-refractivity contribution in [2.24, 2.45) is 5.10 Å². The summed E-state index contributed by atoms with van der Waals surface area (Å²) in [6, 6.07) is 20.2. The van der Waals surface area contributed by atoms with Gasteiger partial charge in [-0.25, -0.2) is 5.43 Å². The molecule has 0 radical (unpaired) electrons. The van der Waals surface area contributed by atoms with Gasteiger partial charge in [0.1, 0.15) is 0 Å². The van der Waals surface area contributed by atoms with E-state index in [-0.39, 0.29) is 5.56 Å². The van der Waals surface area contributed by atoms with Gasteiger partial charge in [0.05, 0.1) is 22.9 Å². The Morgan fingerprint density at radius 1 is 1.23 bits per heavy atom. The summed E-state index contributed by atoms with van der Waals surface area (Å²) in [7, 11) is 0. The van der Waals surface area contributed by atoms with E-state index in [9.17, 15) is 20.0 Å². The fourth-order valence-corrected chi connectivity index (χ4v) is 5.09. The van der Waals surface area contributed by atoms with Crippen LogP contribution >= 0.6 is 50.3 Å². The summed E-state index contributed by atoms with van der Waals surface area (Å²) >= 11 is 6.62. The van der Waals surface area contributed by atoms with E-state index in [2.05, 4.69) is 64.6 Å². The number of aromatic hydroxyl groups is 1. The van der Waals surface area contributed by atoms with Crippen LogP contribution in [-0.2, 0) is 11.3 Å². The van der Waals surface area contributed by atoms with E-state index in [0.717, 1.165) is 21.2 Å². The van der Waals surface area contributed by atoms with Crippen molar-refractivity contribution in [3.8, 4) is 11.4 Å². The molecule has 0 saturated heterocycles. The smallest absolute Gasteiger partial charge is 0.312 e. The van der Waals surface area contributed by atoms with Crippen LogP contribution in [0, 0.1) is 13.7 Å². The fraction of sp³-hybridized carbons (Fsp3) is 0.120. The van der Waals surface area contributed by atoms with Gasteiger partial charge in [-0.3, -0.25) is 19.5 Å². The number of anilines is 1. The molecule has 200 valence electrons. The summed E-state index contributed by atoms with van der Waals surface area (Å²) in [6.45, 7) is 2.11. The van der Waals surface area contributed by atoms with E-state index < -0.39 is 27.5 Å². The maximum atomic E-state index is 12.8. The highest BCUT2D eigenvalue weighted by Crippen LogP contribution is 2.32. The van der Waals surface area contributed by atoms with E-state index >= 15 is 0 Å². The number of phenols is 1. The van der Waals surface area contributed by atoms with Crippen molar-refractivity contribution in [2.45, 2.75) is 23.9 Å². The minimum Gasteiger partial charge on any atom is -0.502 e. The number of carbonyl (C=O) groups is 1. The number of benzene rings is 3. The Balaban J connectivity index is 1.48. The monoisotopic (exact) mass is 721 g/mol. The minimum absolute atomic E-state index is 0.0748. The summed E-state index contributed by atoms with van der Waals surface area (Å²) in [5.41, 5.74) is 3.80. The highest BCUT2D eigenvalue weighted by Gasteiger charge is 2.22. The molecule has 0 unspecified atom stereocenters. The first-order valence-electron chi connectivity index (χ1n) is 11.4. The van der Waals surface area contributed by atoms with Crippen LogP contribution in [-0.4, -0.2) is 42.2 Å². The van der Waals surface area contributed by atoms with E-state index in [1.54, 1.807) is 6.92 Å². The maximum absolute atomic E-state index is 12.8. The topological polar surface area (TPSA) is 148 Å². The van der Waals surface area contributed by atoms with Crippen LogP contribution in [0.1, 0.15) is 18.3 Å². The number of hydrazone groups is 1. The molecule has 4 rings (SSSR count). The molecule has 1 aromatic heterocycles. The number of rotatable bonds is 10. The quantitative estimate of drug-likeness (QED) is 0.0641. The Kier molecular flexibility index (Phi) is 9.53. The van der Waals surface area contributed by atoms with Gasteiger partial charge in [-0.05, 0) is 72.0 Å². The molecule has 0 aliphatic carbocycles. The third-order valence-electron chi connectivity index (χ3n) is 5.32. The predicted octanol–water partition coefficient (Wildman–Crippen LogP) is 5.49. The van der Waals surface area contributed by atoms with Crippen molar-refractivity contribution in [2.75, 3.05) is 5.32 Å². The number of nitrogens with one attached hydrogen (secondary N) is 2. The molecule has 0 fully saturated rings. The minimum atomic E-state index is -0.706. The van der Waals surface area contributed by atoms with Crippen molar-refractivity contribution < 1.29 is 14.8 Å². The van der Waals surface area contributed by atoms with Gasteiger partial charge in [0.25, 0.3) is 5.91 Å². The molecular weight excluding hydrogens is 701 g/mol. The van der Waals surface area contributed by atoms with Crippen LogP contribution in [0.15, 0.2) is 81.5 Å². The Hall–Kier alpha value is -3.50. The molecule has 0 spiro atoms. The summed E-state index contributed by atoms with van der Waals surface area (Å²) < 4.78 is 3.41. The van der Waals surface area contributed by atoms with Crippen LogP contribution in [0.25, 0.3) is 5.69 Å². The molecule has 0 saturated carbocycles. The molecule has 11 nitrogen and oxygen atoms in total. The highest BCUT2D eigenvalue weighted by atomic mass is 127. The molecule has 4 aromatic rings. The number of carbonyl (C=O) groups excluding carboxylic acids is 1. The Bertz CT molecular complexity index is 1520. The highest BCUT2D eigenvalue weighted by molar-refractivity contribution is 14.1. The average molecular weight is 722 g/mol. The lowest BCUT2D eigenvalue weighted by Crippen LogP contribution is -2.27. The second kappa shape index (κ2) is 13.0. The van der Waals surface area contributed by atoms with Gasteiger partial charge in [0.2, 0.25) is 5.75 Å². The van der Waals surface area contributed by atoms with Gasteiger partial charge in [-0.2, -0.15) is 5.10 Å². The number of thioether (sulfide) groups is 1. The van der Waals surface area contributed by atoms with Crippen LogP contribution in [0.3, 0.4) is 0 Å². The van der Waals surface area contributed by atoms with E-state index in [4.69, 9.17) is 0 Å². The van der Waals surface area contributed by atoms with Crippen molar-refractivity contribution in [3.05, 3.63) is 96.3 Å². The SMILES string of the molecule is C[C@@H](Sc1nnc(CNc2ccc(I)cc2)n1-c1ccccc1)C(=O)N/N=C\c1cc(Br)cc([N+](=O)[O-])c1O. The molecule has 0 bridgehead atoms. The number of halogens is 2. The normalized spacial score (nSPS) is 11.9. The van der Waals surface area contributed by atoms with E-state index in [1.807, 2.05) is 59.2 Å². The zero-order valence-electron chi connectivity index (χ0n) is 20.3. The van der Waals surface area contributed by atoms with Gasteiger partial charge in [0, 0.05) is 31.0 Å². The first-order valence-corrected chi connectivity index (χ1v) is 14.1. The van der Waals surface area contributed by atoms with E-state index in [1.165, 1.54) is 23.9 Å². The molecule has 0 aliphatic heterocycles. The fourth-order valence-electron chi connectivity index (χ4n) is 3.39. The van der Waals surface area contributed by atoms with E-state index in [0.29, 0.717) is 22.0 Å². The molecule has 1 amide bonds. The lowest BCUT2D eigenvalue weighted by Gasteiger charge is -2.13. The van der Waals surface area contributed by atoms with Crippen LogP contribution in [0.4, 0.5) is 11.4 Å². The van der Waals surface area contributed by atoms with Gasteiger partial charge in [0.15, 0.2) is 11.0 Å². The number of hydrogen-bond acceptors (Lipinski definition) is 9. The second-order valence-corrected chi connectivity index (χ2v) is 11.5. The van der Waals surface area contributed by atoms with Crippen LogP contribution < -0.4 is 10.7 Å². The van der Waals surface area contributed by atoms with Crippen LogP contribution in [0.2, 0.25) is 0 Å². The molecule has 1 heterocycles. The number of nitrogens with zero attached hydrogens (tertiary/aromatic N) is 5. The summed E-state index contributed by atoms with van der Waals surface area (Å²) in [4.78, 5) is 23.2. The van der Waals surface area contributed by atoms with Crippen molar-refractivity contribution >= 4 is 73.8 Å². The summed E-state index contributed by atoms with van der Waals surface area (Å²) in [6.07, 6.45) is 1.14. The maximum Gasteiger partial charge on any atom is 0.312 e. The number of aromatic nitrogens is 3. The molecule has 3 aromatic carbocycles. The Morgan fingerprint density at radius 2 is 1.95 bits per heavy atom. The number of phenolic OH excluding ortho intramolecular Hbond substituents is 1. The van der Waals surface area contributed by atoms with Gasteiger partial charge in [-0.15, -0.1) is 10.2 Å². The molecule has 3 N–H and O–H groups in total. The van der Waals surface area contributed by atoms with Gasteiger partial charge in [-0.1, -0.05) is 45.9 Å². The number of nitro benzene ring substituents is 1. The third kappa shape index (κ3) is 7.33. The standard InChI is InChI=1S/C25H21BrIN7O4S/c1-15(24(36)31-29-13-16-11-17(26)12-21(23(16)35)34(37)38)39-25-32-30-22(33(25)20-5-3-2-4-6-20)14-28-19-9-7-18(27)8-10-19/h2-13,15,28,35H,14H2,1H3,(H,31,36)/b29-13-/t15-/m1/s1. The summed E-state index contributed by atoms with van der Waals surface area (Å²) in [5, 5.41) is 37.1. The Morgan fingerprint density at radius 3 is 2.64 bits per heavy atom. The van der Waals surface area contributed by atoms with Gasteiger partial charge >= 0.3 is 5.69 Å². The number of hydrogen-bond donors (Lipinski definition) is 3. The number of para-hydroxylation sites is 1.